The molecule has 2 rings (SSSR count). The molecular weight excluding hydrogens is 318 g/mol. The largest absolute Gasteiger partial charge is 0.360 e. The normalized spacial score (nSPS) is 11.1. The summed E-state index contributed by atoms with van der Waals surface area (Å²) in [4.78, 5) is 18.9. The molecule has 0 aliphatic carbocycles. The molecule has 1 heterocycles. The van der Waals surface area contributed by atoms with E-state index in [2.05, 4.69) is 20.6 Å². The third-order valence-electron chi connectivity index (χ3n) is 2.87. The number of nitrogens with zero attached hydrogens (tertiary/aromatic N) is 3. The zero-order valence-electron chi connectivity index (χ0n) is 13.1. The molecule has 0 atom stereocenters. The Labute approximate surface area is 139 Å². The molecule has 2 aromatic rings. The van der Waals surface area contributed by atoms with Crippen LogP contribution in [0.1, 0.15) is 26.3 Å². The molecule has 0 unspecified atom stereocenters. The van der Waals surface area contributed by atoms with E-state index in [1.54, 1.807) is 12.1 Å². The van der Waals surface area contributed by atoms with Crippen molar-refractivity contribution in [1.82, 2.24) is 9.97 Å². The minimum Gasteiger partial charge on any atom is -0.360 e. The summed E-state index contributed by atoms with van der Waals surface area (Å²) in [5.74, 6) is 0.364. The lowest BCUT2D eigenvalue weighted by Crippen LogP contribution is -2.27. The number of halogens is 1. The fraction of sp³-hybridized carbons (Fsp3) is 0.333. The van der Waals surface area contributed by atoms with Gasteiger partial charge in [-0.2, -0.15) is 0 Å². The monoisotopic (exact) mass is 335 g/mol. The minimum absolute atomic E-state index is 0.170. The Balaban J connectivity index is 2.25. The number of hydrogen-bond donors (Lipinski definition) is 2. The lowest BCUT2D eigenvalue weighted by Gasteiger charge is -2.21. The number of aromatic nitrogens is 2. The van der Waals surface area contributed by atoms with Gasteiger partial charge in [0.1, 0.15) is 6.33 Å². The summed E-state index contributed by atoms with van der Waals surface area (Å²) < 4.78 is 0. The maximum Gasteiger partial charge on any atom is 0.353 e. The molecule has 1 aromatic carbocycles. The molecule has 23 heavy (non-hydrogen) atoms. The van der Waals surface area contributed by atoms with E-state index in [-0.39, 0.29) is 22.9 Å². The predicted molar refractivity (Wildman–Crippen MR) is 90.8 cm³/mol. The van der Waals surface area contributed by atoms with Crippen molar-refractivity contribution in [3.63, 3.8) is 0 Å². The van der Waals surface area contributed by atoms with Gasteiger partial charge in [0, 0.05) is 17.1 Å². The molecule has 0 saturated heterocycles. The second-order valence-electron chi connectivity index (χ2n) is 6.03. The van der Waals surface area contributed by atoms with Crippen LogP contribution in [0, 0.1) is 10.1 Å². The summed E-state index contributed by atoms with van der Waals surface area (Å²) in [6, 6.07) is 7.21. The highest BCUT2D eigenvalue weighted by Crippen LogP contribution is 2.30. The van der Waals surface area contributed by atoms with Crippen molar-refractivity contribution in [3.05, 3.63) is 51.3 Å². The molecule has 0 amide bonds. The molecule has 0 aliphatic heterocycles. The van der Waals surface area contributed by atoms with Gasteiger partial charge in [0.2, 0.25) is 11.6 Å². The first-order valence-corrected chi connectivity index (χ1v) is 7.40. The van der Waals surface area contributed by atoms with Gasteiger partial charge in [-0.1, -0.05) is 23.7 Å². The smallest absolute Gasteiger partial charge is 0.353 e. The SMILES string of the molecule is CC(C)(C)Nc1ncnc(NCc2ccc(Cl)cc2)c1[N+](=O)[O-]. The Morgan fingerprint density at radius 3 is 2.35 bits per heavy atom. The second kappa shape index (κ2) is 6.78. The van der Waals surface area contributed by atoms with Crippen LogP contribution in [0.5, 0.6) is 0 Å². The fourth-order valence-electron chi connectivity index (χ4n) is 1.92. The van der Waals surface area contributed by atoms with Crippen LogP contribution in [0.3, 0.4) is 0 Å². The lowest BCUT2D eigenvalue weighted by atomic mass is 10.1. The van der Waals surface area contributed by atoms with Crippen molar-refractivity contribution in [2.45, 2.75) is 32.9 Å². The van der Waals surface area contributed by atoms with Crippen molar-refractivity contribution in [2.75, 3.05) is 10.6 Å². The summed E-state index contributed by atoms with van der Waals surface area (Å²) in [5.41, 5.74) is 0.413. The Morgan fingerprint density at radius 2 is 1.78 bits per heavy atom. The van der Waals surface area contributed by atoms with Crippen molar-refractivity contribution >= 4 is 28.9 Å². The highest BCUT2D eigenvalue weighted by Gasteiger charge is 2.25. The van der Waals surface area contributed by atoms with Crippen LogP contribution < -0.4 is 10.6 Å². The molecule has 1 aromatic heterocycles. The van der Waals surface area contributed by atoms with E-state index in [0.717, 1.165) is 5.56 Å². The standard InChI is InChI=1S/C15H18ClN5O2/c1-15(2,3)20-14-12(21(22)23)13(18-9-19-14)17-8-10-4-6-11(16)7-5-10/h4-7,9H,8H2,1-3H3,(H2,17,18,19,20). The molecule has 7 nitrogen and oxygen atoms in total. The molecule has 0 spiro atoms. The zero-order valence-corrected chi connectivity index (χ0v) is 13.9. The predicted octanol–water partition coefficient (Wildman–Crippen LogP) is 3.86. The van der Waals surface area contributed by atoms with Crippen LogP contribution >= 0.6 is 11.6 Å². The Kier molecular flexibility index (Phi) is 5.00. The lowest BCUT2D eigenvalue weighted by molar-refractivity contribution is -0.383. The van der Waals surface area contributed by atoms with E-state index < -0.39 is 4.92 Å². The van der Waals surface area contributed by atoms with Crippen molar-refractivity contribution in [2.24, 2.45) is 0 Å². The summed E-state index contributed by atoms with van der Waals surface area (Å²) in [6.07, 6.45) is 1.30. The van der Waals surface area contributed by atoms with E-state index in [1.807, 2.05) is 32.9 Å². The molecule has 0 bridgehead atoms. The van der Waals surface area contributed by atoms with Gasteiger partial charge in [-0.3, -0.25) is 10.1 Å². The first kappa shape index (κ1) is 17.0. The summed E-state index contributed by atoms with van der Waals surface area (Å²) in [5, 5.41) is 18.1. The third kappa shape index (κ3) is 4.79. The van der Waals surface area contributed by atoms with Gasteiger partial charge in [-0.15, -0.1) is 0 Å². The van der Waals surface area contributed by atoms with Gasteiger partial charge in [0.15, 0.2) is 0 Å². The van der Waals surface area contributed by atoms with Gasteiger partial charge in [0.05, 0.1) is 4.92 Å². The fourth-order valence-corrected chi connectivity index (χ4v) is 2.04. The van der Waals surface area contributed by atoms with Crippen LogP contribution in [0.4, 0.5) is 17.3 Å². The van der Waals surface area contributed by atoms with Crippen LogP contribution in [0.15, 0.2) is 30.6 Å². The molecule has 2 N–H and O–H groups in total. The summed E-state index contributed by atoms with van der Waals surface area (Å²) in [7, 11) is 0. The molecule has 0 radical (unpaired) electrons. The number of anilines is 2. The molecule has 0 fully saturated rings. The van der Waals surface area contributed by atoms with E-state index in [0.29, 0.717) is 11.6 Å². The van der Waals surface area contributed by atoms with Crippen molar-refractivity contribution in [3.8, 4) is 0 Å². The van der Waals surface area contributed by atoms with Crippen molar-refractivity contribution < 1.29 is 4.92 Å². The van der Waals surface area contributed by atoms with E-state index in [1.165, 1.54) is 6.33 Å². The summed E-state index contributed by atoms with van der Waals surface area (Å²) >= 11 is 5.84. The zero-order chi connectivity index (χ0) is 17.0. The first-order valence-electron chi connectivity index (χ1n) is 7.02. The Hall–Kier alpha value is -2.41. The number of nitro groups is 1. The van der Waals surface area contributed by atoms with Crippen LogP contribution in [-0.4, -0.2) is 20.4 Å². The Bertz CT molecular complexity index is 698. The maximum absolute atomic E-state index is 11.4. The van der Waals surface area contributed by atoms with E-state index in [9.17, 15) is 10.1 Å². The van der Waals surface area contributed by atoms with Crippen molar-refractivity contribution in [1.29, 1.82) is 0 Å². The highest BCUT2D eigenvalue weighted by molar-refractivity contribution is 6.30. The van der Waals surface area contributed by atoms with E-state index in [4.69, 9.17) is 11.6 Å². The first-order chi connectivity index (χ1) is 10.8. The number of hydrogen-bond acceptors (Lipinski definition) is 6. The van der Waals surface area contributed by atoms with Crippen LogP contribution in [0.25, 0.3) is 0 Å². The van der Waals surface area contributed by atoms with Gasteiger partial charge in [-0.05, 0) is 38.5 Å². The van der Waals surface area contributed by atoms with Gasteiger partial charge in [-0.25, -0.2) is 9.97 Å². The number of nitrogens with one attached hydrogen (secondary N) is 2. The minimum atomic E-state index is -0.488. The van der Waals surface area contributed by atoms with E-state index >= 15 is 0 Å². The van der Waals surface area contributed by atoms with Gasteiger partial charge in [0.25, 0.3) is 0 Å². The third-order valence-corrected chi connectivity index (χ3v) is 3.12. The summed E-state index contributed by atoms with van der Waals surface area (Å²) in [6.45, 7) is 6.10. The molecule has 0 aliphatic rings. The second-order valence-corrected chi connectivity index (χ2v) is 6.47. The molecule has 8 heteroatoms. The van der Waals surface area contributed by atoms with Crippen LogP contribution in [-0.2, 0) is 6.54 Å². The molecule has 0 saturated carbocycles. The van der Waals surface area contributed by atoms with Gasteiger partial charge >= 0.3 is 5.69 Å². The molecular formula is C15H18ClN5O2. The average Bonchev–Trinajstić information content (AvgIpc) is 2.44. The molecule has 122 valence electrons. The quantitative estimate of drug-likeness (QED) is 0.636. The highest BCUT2D eigenvalue weighted by atomic mass is 35.5. The van der Waals surface area contributed by atoms with Gasteiger partial charge < -0.3 is 10.6 Å². The van der Waals surface area contributed by atoms with Crippen LogP contribution in [0.2, 0.25) is 5.02 Å². The average molecular weight is 336 g/mol. The number of benzene rings is 1. The maximum atomic E-state index is 11.4. The topological polar surface area (TPSA) is 93.0 Å². The Morgan fingerprint density at radius 1 is 1.17 bits per heavy atom. The number of rotatable bonds is 5.